The minimum absolute atomic E-state index is 0.0227. The Morgan fingerprint density at radius 2 is 1.80 bits per heavy atom. The average Bonchev–Trinajstić information content (AvgIpc) is 3.71. The van der Waals surface area contributed by atoms with E-state index in [1.165, 1.54) is 11.8 Å². The highest BCUT2D eigenvalue weighted by Gasteiger charge is 2.50. The van der Waals surface area contributed by atoms with Crippen LogP contribution in [0.3, 0.4) is 0 Å². The minimum Gasteiger partial charge on any atom is -0.480 e. The van der Waals surface area contributed by atoms with Crippen molar-refractivity contribution in [1.82, 2.24) is 15.6 Å². The van der Waals surface area contributed by atoms with Gasteiger partial charge in [-0.3, -0.25) is 24.2 Å². The summed E-state index contributed by atoms with van der Waals surface area (Å²) in [4.78, 5) is 66.5. The standard InChI is InChI=1S/C35H48N4O10S/c1-2-35(13-3-4-14-35)29(50-19-25(30(42)39-31(43)33(46)47)38-26(41)10-9-24(36)32(44)45)28-23-8-7-21(18-20-11-15-37-16-12-20)22(6-5-17-40)27(23)34(48)49-28/h11-12,15-16,24-25,27,29,31,40,43H,2-10,13-14,17-19,36H2,1H3,(H,38,41)(H,39,42)(H,44,45)(H,46,47). The Hall–Kier alpha value is -3.79. The topological polar surface area (TPSA) is 238 Å². The molecule has 0 spiro atoms. The molecule has 0 bridgehead atoms. The molecular formula is C35H48N4O10S. The smallest absolute Gasteiger partial charge is 0.353 e. The molecule has 50 heavy (non-hydrogen) atoms. The Bertz CT molecular complexity index is 1480. The molecule has 1 aliphatic heterocycles. The number of hydrogen-bond donors (Lipinski definition) is 7. The van der Waals surface area contributed by atoms with Crippen molar-refractivity contribution in [2.45, 2.75) is 108 Å². The fraction of sp³-hybridized carbons (Fsp3) is 0.600. The predicted molar refractivity (Wildman–Crippen MR) is 183 cm³/mol. The van der Waals surface area contributed by atoms with E-state index in [0.717, 1.165) is 54.4 Å². The van der Waals surface area contributed by atoms with E-state index in [1.807, 2.05) is 17.4 Å². The monoisotopic (exact) mass is 716 g/mol. The van der Waals surface area contributed by atoms with E-state index in [1.54, 1.807) is 12.4 Å². The van der Waals surface area contributed by atoms with Gasteiger partial charge >= 0.3 is 17.9 Å². The summed E-state index contributed by atoms with van der Waals surface area (Å²) in [6, 6.07) is 1.29. The van der Waals surface area contributed by atoms with Crippen LogP contribution in [-0.4, -0.2) is 91.1 Å². The number of carbonyl (C=O) groups is 5. The van der Waals surface area contributed by atoms with E-state index >= 15 is 0 Å². The van der Waals surface area contributed by atoms with Crippen LogP contribution < -0.4 is 16.4 Å². The summed E-state index contributed by atoms with van der Waals surface area (Å²) in [7, 11) is 0. The molecule has 8 N–H and O–H groups in total. The summed E-state index contributed by atoms with van der Waals surface area (Å²) in [5.41, 5.74) is 9.34. The number of nitrogens with one attached hydrogen (secondary N) is 2. The first-order chi connectivity index (χ1) is 23.9. The number of pyridine rings is 1. The van der Waals surface area contributed by atoms with Crippen molar-refractivity contribution in [2.24, 2.45) is 17.1 Å². The number of hydrogen-bond acceptors (Lipinski definition) is 11. The van der Waals surface area contributed by atoms with Crippen LogP contribution in [0.15, 0.2) is 47.0 Å². The highest BCUT2D eigenvalue weighted by atomic mass is 32.2. The number of nitrogens with two attached hydrogens (primary N) is 1. The molecule has 0 saturated heterocycles. The van der Waals surface area contributed by atoms with Gasteiger partial charge in [-0.05, 0) is 86.5 Å². The van der Waals surface area contributed by atoms with Crippen molar-refractivity contribution >= 4 is 41.5 Å². The third kappa shape index (κ3) is 9.50. The molecule has 0 radical (unpaired) electrons. The lowest BCUT2D eigenvalue weighted by Gasteiger charge is -2.38. The first-order valence-electron chi connectivity index (χ1n) is 17.2. The Morgan fingerprint density at radius 1 is 1.10 bits per heavy atom. The van der Waals surface area contributed by atoms with Crippen LogP contribution in [0.5, 0.6) is 0 Å². The Balaban J connectivity index is 1.67. The number of aromatic nitrogens is 1. The number of amides is 2. The van der Waals surface area contributed by atoms with Crippen molar-refractivity contribution in [2.75, 3.05) is 12.4 Å². The summed E-state index contributed by atoms with van der Waals surface area (Å²) in [6.07, 6.45) is 8.17. The largest absolute Gasteiger partial charge is 0.480 e. The van der Waals surface area contributed by atoms with Gasteiger partial charge in [0.2, 0.25) is 18.0 Å². The third-order valence-corrected chi connectivity index (χ3v) is 11.6. The molecule has 15 heteroatoms. The number of aliphatic carboxylic acids is 2. The summed E-state index contributed by atoms with van der Waals surface area (Å²) >= 11 is 1.34. The van der Waals surface area contributed by atoms with Crippen molar-refractivity contribution < 1.29 is 49.1 Å². The molecule has 2 heterocycles. The molecule has 0 aromatic carbocycles. The molecule has 274 valence electrons. The molecule has 2 amide bonds. The summed E-state index contributed by atoms with van der Waals surface area (Å²) in [6.45, 7) is 2.06. The molecule has 4 rings (SSSR count). The number of fused-ring (bicyclic) bond motifs is 1. The Morgan fingerprint density at radius 3 is 2.42 bits per heavy atom. The van der Waals surface area contributed by atoms with Gasteiger partial charge in [-0.1, -0.05) is 30.9 Å². The van der Waals surface area contributed by atoms with Gasteiger partial charge in [0.1, 0.15) is 23.8 Å². The zero-order valence-corrected chi connectivity index (χ0v) is 29.1. The van der Waals surface area contributed by atoms with Crippen LogP contribution in [0.25, 0.3) is 0 Å². The lowest BCUT2D eigenvalue weighted by molar-refractivity contribution is -0.151. The van der Waals surface area contributed by atoms with Crippen LogP contribution in [0.2, 0.25) is 0 Å². The Kier molecular flexibility index (Phi) is 14.0. The number of cyclic esters (lactones) is 1. The quantitative estimate of drug-likeness (QED) is 0.0618. The van der Waals surface area contributed by atoms with Gasteiger partial charge < -0.3 is 41.5 Å². The zero-order chi connectivity index (χ0) is 36.4. The van der Waals surface area contributed by atoms with Gasteiger partial charge in [-0.2, -0.15) is 0 Å². The van der Waals surface area contributed by atoms with Crippen LogP contribution in [-0.2, 0) is 35.1 Å². The van der Waals surface area contributed by atoms with Crippen LogP contribution in [0.1, 0.15) is 83.1 Å². The van der Waals surface area contributed by atoms with Crippen molar-refractivity contribution in [3.05, 3.63) is 52.6 Å². The molecule has 2 aliphatic carbocycles. The maximum Gasteiger partial charge on any atom is 0.353 e. The van der Waals surface area contributed by atoms with Crippen molar-refractivity contribution in [1.29, 1.82) is 0 Å². The number of carboxylic acids is 2. The number of ether oxygens (including phenoxy) is 1. The number of nitrogens with zero attached hydrogens (tertiary/aromatic N) is 1. The van der Waals surface area contributed by atoms with Crippen molar-refractivity contribution in [3.63, 3.8) is 0 Å². The number of aliphatic hydroxyl groups is 2. The normalized spacial score (nSPS) is 20.8. The minimum atomic E-state index is -2.21. The summed E-state index contributed by atoms with van der Waals surface area (Å²) < 4.78 is 6.21. The summed E-state index contributed by atoms with van der Waals surface area (Å²) in [5.74, 6) is -5.00. The van der Waals surface area contributed by atoms with E-state index in [0.29, 0.717) is 37.9 Å². The van der Waals surface area contributed by atoms with Gasteiger partial charge in [0.05, 0.1) is 5.25 Å². The highest BCUT2D eigenvalue weighted by Crippen LogP contribution is 2.55. The van der Waals surface area contributed by atoms with E-state index < -0.39 is 48.0 Å². The molecule has 3 aliphatic rings. The number of aliphatic hydroxyl groups excluding tert-OH is 2. The zero-order valence-electron chi connectivity index (χ0n) is 28.3. The molecule has 5 atom stereocenters. The maximum absolute atomic E-state index is 13.8. The molecule has 1 fully saturated rings. The lowest BCUT2D eigenvalue weighted by atomic mass is 9.73. The number of thioether (sulfide) groups is 1. The fourth-order valence-corrected chi connectivity index (χ4v) is 9.04. The first-order valence-corrected chi connectivity index (χ1v) is 18.2. The molecule has 5 unspecified atom stereocenters. The van der Waals surface area contributed by atoms with Crippen molar-refractivity contribution in [3.8, 4) is 0 Å². The highest BCUT2D eigenvalue weighted by molar-refractivity contribution is 8.00. The number of allylic oxidation sites excluding steroid dienone is 1. The van der Waals surface area contributed by atoms with E-state index in [-0.39, 0.29) is 41.8 Å². The van der Waals surface area contributed by atoms with Crippen LogP contribution >= 0.6 is 11.8 Å². The number of carboxylic acid groups (broad SMARTS) is 2. The molecule has 1 saturated carbocycles. The third-order valence-electron chi connectivity index (χ3n) is 10.1. The van der Waals surface area contributed by atoms with Gasteiger partial charge in [-0.15, -0.1) is 11.8 Å². The molecule has 1 aromatic heterocycles. The predicted octanol–water partition coefficient (Wildman–Crippen LogP) is 2.18. The van der Waals surface area contributed by atoms with E-state index in [4.69, 9.17) is 15.6 Å². The number of carbonyl (C=O) groups excluding carboxylic acids is 3. The first kappa shape index (κ1) is 39.0. The van der Waals surface area contributed by atoms with Crippen LogP contribution in [0.4, 0.5) is 0 Å². The van der Waals surface area contributed by atoms with Gasteiger partial charge in [0.25, 0.3) is 0 Å². The fourth-order valence-electron chi connectivity index (χ4n) is 7.31. The second-order valence-electron chi connectivity index (χ2n) is 13.2. The van der Waals surface area contributed by atoms with Gasteiger partial charge in [0, 0.05) is 31.2 Å². The summed E-state index contributed by atoms with van der Waals surface area (Å²) in [5, 5.41) is 42.0. The second kappa shape index (κ2) is 17.9. The molecule has 1 aromatic rings. The maximum atomic E-state index is 13.8. The molecular weight excluding hydrogens is 668 g/mol. The SMILES string of the molecule is CCC1(C(SCC(NC(=O)CCC(N)C(=O)O)C(=O)NC(O)C(=O)O)C2=C3CCC(Cc4ccncc4)=C(CCCO)C3C(=O)O2)CCCC1. The van der Waals surface area contributed by atoms with Crippen LogP contribution in [0, 0.1) is 11.3 Å². The van der Waals surface area contributed by atoms with E-state index in [9.17, 15) is 39.3 Å². The lowest BCUT2D eigenvalue weighted by Crippen LogP contribution is -2.53. The Labute approximate surface area is 295 Å². The van der Waals surface area contributed by atoms with Gasteiger partial charge in [0.15, 0.2) is 0 Å². The number of rotatable bonds is 19. The average molecular weight is 717 g/mol. The molecule has 14 nitrogen and oxygen atoms in total. The van der Waals surface area contributed by atoms with Gasteiger partial charge in [-0.25, -0.2) is 4.79 Å². The second-order valence-corrected chi connectivity index (χ2v) is 14.4. The van der Waals surface area contributed by atoms with E-state index in [2.05, 4.69) is 17.2 Å². The number of esters is 1.